The molecule has 0 aromatic heterocycles. The predicted molar refractivity (Wildman–Crippen MR) is 100 cm³/mol. The maximum atomic E-state index is 12.4. The lowest BCUT2D eigenvalue weighted by Crippen LogP contribution is -2.22. The number of thioether (sulfide) groups is 1. The fourth-order valence-corrected chi connectivity index (χ4v) is 3.19. The summed E-state index contributed by atoms with van der Waals surface area (Å²) >= 11 is 7.55. The van der Waals surface area contributed by atoms with Gasteiger partial charge in [0.25, 0.3) is 0 Å². The minimum Gasteiger partial charge on any atom is -0.496 e. The van der Waals surface area contributed by atoms with Crippen LogP contribution in [0.5, 0.6) is 11.5 Å². The van der Waals surface area contributed by atoms with E-state index in [-0.39, 0.29) is 11.2 Å². The van der Waals surface area contributed by atoms with Gasteiger partial charge in [0.1, 0.15) is 11.5 Å². The zero-order chi connectivity index (χ0) is 17.5. The molecule has 0 aliphatic carbocycles. The van der Waals surface area contributed by atoms with Crippen LogP contribution in [-0.2, 0) is 10.5 Å². The van der Waals surface area contributed by atoms with Gasteiger partial charge in [-0.15, -0.1) is 11.8 Å². The van der Waals surface area contributed by atoms with Crippen LogP contribution in [0.1, 0.15) is 12.5 Å². The van der Waals surface area contributed by atoms with Crippen molar-refractivity contribution in [2.75, 3.05) is 19.5 Å². The lowest BCUT2D eigenvalue weighted by molar-refractivity contribution is -0.115. The summed E-state index contributed by atoms with van der Waals surface area (Å²) in [5, 5.41) is 3.31. The molecule has 2 aromatic rings. The minimum atomic E-state index is -0.237. The first-order valence-corrected chi connectivity index (χ1v) is 8.85. The summed E-state index contributed by atoms with van der Waals surface area (Å²) in [4.78, 5) is 12.4. The van der Waals surface area contributed by atoms with Crippen LogP contribution in [0.3, 0.4) is 0 Å². The molecule has 1 atom stereocenters. The van der Waals surface area contributed by atoms with E-state index in [9.17, 15) is 4.79 Å². The highest BCUT2D eigenvalue weighted by atomic mass is 35.5. The molecule has 0 saturated carbocycles. The average molecular weight is 366 g/mol. The van der Waals surface area contributed by atoms with Crippen molar-refractivity contribution in [3.8, 4) is 11.5 Å². The van der Waals surface area contributed by atoms with E-state index in [1.807, 2.05) is 43.3 Å². The van der Waals surface area contributed by atoms with Gasteiger partial charge in [-0.25, -0.2) is 0 Å². The van der Waals surface area contributed by atoms with E-state index >= 15 is 0 Å². The van der Waals surface area contributed by atoms with E-state index in [1.165, 1.54) is 11.8 Å². The normalized spacial score (nSPS) is 11.7. The molecule has 2 rings (SSSR count). The lowest BCUT2D eigenvalue weighted by Gasteiger charge is -2.15. The van der Waals surface area contributed by atoms with Gasteiger partial charge in [-0.2, -0.15) is 0 Å². The van der Waals surface area contributed by atoms with Gasteiger partial charge in [-0.05, 0) is 37.3 Å². The second kappa shape index (κ2) is 8.85. The smallest absolute Gasteiger partial charge is 0.237 e. The number of ether oxygens (including phenoxy) is 2. The molecule has 0 heterocycles. The average Bonchev–Trinajstić information content (AvgIpc) is 2.60. The van der Waals surface area contributed by atoms with Crippen LogP contribution < -0.4 is 14.8 Å². The van der Waals surface area contributed by atoms with E-state index in [0.717, 1.165) is 11.3 Å². The summed E-state index contributed by atoms with van der Waals surface area (Å²) in [6.45, 7) is 1.87. The van der Waals surface area contributed by atoms with Gasteiger partial charge in [-0.1, -0.05) is 23.7 Å². The van der Waals surface area contributed by atoms with Crippen molar-refractivity contribution < 1.29 is 14.3 Å². The van der Waals surface area contributed by atoms with Gasteiger partial charge in [0.2, 0.25) is 5.91 Å². The number of halogens is 1. The molecule has 2 aromatic carbocycles. The quantitative estimate of drug-likeness (QED) is 0.777. The Morgan fingerprint density at radius 3 is 2.58 bits per heavy atom. The van der Waals surface area contributed by atoms with E-state index < -0.39 is 0 Å². The Balaban J connectivity index is 1.98. The zero-order valence-electron chi connectivity index (χ0n) is 13.8. The number of anilines is 1. The second-order valence-electron chi connectivity index (χ2n) is 5.10. The number of carbonyl (C=O) groups is 1. The molecule has 128 valence electrons. The summed E-state index contributed by atoms with van der Waals surface area (Å²) in [7, 11) is 3.20. The number of nitrogens with one attached hydrogen (secondary N) is 1. The highest BCUT2D eigenvalue weighted by Crippen LogP contribution is 2.29. The molecule has 0 aliphatic rings. The molecule has 0 radical (unpaired) electrons. The molecule has 0 fully saturated rings. The molecule has 1 unspecified atom stereocenters. The molecule has 24 heavy (non-hydrogen) atoms. The third-order valence-corrected chi connectivity index (χ3v) is 4.89. The summed E-state index contributed by atoms with van der Waals surface area (Å²) in [5.41, 5.74) is 1.63. The van der Waals surface area contributed by atoms with Crippen LogP contribution in [-0.4, -0.2) is 25.4 Å². The van der Waals surface area contributed by atoms with Crippen LogP contribution in [0.15, 0.2) is 42.5 Å². The number of carbonyl (C=O) groups excluding carboxylic acids is 1. The zero-order valence-corrected chi connectivity index (χ0v) is 15.4. The largest absolute Gasteiger partial charge is 0.496 e. The molecule has 0 bridgehead atoms. The van der Waals surface area contributed by atoms with Gasteiger partial charge in [0.15, 0.2) is 0 Å². The molecular weight excluding hydrogens is 346 g/mol. The van der Waals surface area contributed by atoms with Crippen LogP contribution in [0, 0.1) is 0 Å². The van der Waals surface area contributed by atoms with E-state index in [2.05, 4.69) is 5.32 Å². The van der Waals surface area contributed by atoms with Crippen molar-refractivity contribution in [2.45, 2.75) is 17.9 Å². The topological polar surface area (TPSA) is 47.6 Å². The number of hydrogen-bond acceptors (Lipinski definition) is 4. The van der Waals surface area contributed by atoms with Crippen molar-refractivity contribution in [1.82, 2.24) is 0 Å². The standard InChI is InChI=1S/C18H20ClNO3S/c1-12(18(21)20-15-6-4-5-7-17(15)23-3)24-11-13-10-14(19)8-9-16(13)22-2/h4-10,12H,11H2,1-3H3,(H,20,21). The summed E-state index contributed by atoms with van der Waals surface area (Å²) in [6, 6.07) is 12.8. The lowest BCUT2D eigenvalue weighted by atomic mass is 10.2. The Hall–Kier alpha value is -1.85. The summed E-state index contributed by atoms with van der Waals surface area (Å²) in [5.74, 6) is 1.96. The van der Waals surface area contributed by atoms with Gasteiger partial charge in [-0.3, -0.25) is 4.79 Å². The van der Waals surface area contributed by atoms with Crippen LogP contribution in [0.4, 0.5) is 5.69 Å². The molecule has 6 heteroatoms. The van der Waals surface area contributed by atoms with E-state index in [0.29, 0.717) is 22.2 Å². The molecule has 0 aliphatic heterocycles. The highest BCUT2D eigenvalue weighted by Gasteiger charge is 2.16. The van der Waals surface area contributed by atoms with Gasteiger partial charge >= 0.3 is 0 Å². The SMILES string of the molecule is COc1ccc(Cl)cc1CSC(C)C(=O)Nc1ccccc1OC. The number of rotatable bonds is 7. The van der Waals surface area contributed by atoms with Crippen LogP contribution in [0.2, 0.25) is 5.02 Å². The molecule has 1 amide bonds. The molecule has 1 N–H and O–H groups in total. The Kier molecular flexibility index (Phi) is 6.82. The summed E-state index contributed by atoms with van der Waals surface area (Å²) in [6.07, 6.45) is 0. The highest BCUT2D eigenvalue weighted by molar-refractivity contribution is 7.99. The number of amides is 1. The number of hydrogen-bond donors (Lipinski definition) is 1. The molecule has 0 spiro atoms. The third-order valence-electron chi connectivity index (χ3n) is 3.47. The summed E-state index contributed by atoms with van der Waals surface area (Å²) < 4.78 is 10.6. The third kappa shape index (κ3) is 4.82. The first-order chi connectivity index (χ1) is 11.5. The Morgan fingerprint density at radius 1 is 1.17 bits per heavy atom. The van der Waals surface area contributed by atoms with Crippen molar-refractivity contribution in [1.29, 1.82) is 0 Å². The molecular formula is C18H20ClNO3S. The van der Waals surface area contributed by atoms with Gasteiger partial charge in [0, 0.05) is 16.3 Å². The van der Waals surface area contributed by atoms with Crippen molar-refractivity contribution >= 4 is 35.0 Å². The maximum Gasteiger partial charge on any atom is 0.237 e. The number of para-hydroxylation sites is 2. The minimum absolute atomic E-state index is 0.0782. The number of benzene rings is 2. The van der Waals surface area contributed by atoms with E-state index in [1.54, 1.807) is 20.3 Å². The van der Waals surface area contributed by atoms with Gasteiger partial charge in [0.05, 0.1) is 25.2 Å². The Morgan fingerprint density at radius 2 is 1.88 bits per heavy atom. The maximum absolute atomic E-state index is 12.4. The van der Waals surface area contributed by atoms with Crippen molar-refractivity contribution in [3.63, 3.8) is 0 Å². The van der Waals surface area contributed by atoms with Crippen molar-refractivity contribution in [2.24, 2.45) is 0 Å². The number of methoxy groups -OCH3 is 2. The van der Waals surface area contributed by atoms with Gasteiger partial charge < -0.3 is 14.8 Å². The first-order valence-electron chi connectivity index (χ1n) is 7.43. The second-order valence-corrected chi connectivity index (χ2v) is 6.86. The predicted octanol–water partition coefficient (Wildman–Crippen LogP) is 4.62. The fourth-order valence-electron chi connectivity index (χ4n) is 2.13. The van der Waals surface area contributed by atoms with Crippen molar-refractivity contribution in [3.05, 3.63) is 53.1 Å². The Labute approximate surface area is 151 Å². The Bertz CT molecular complexity index is 708. The molecule has 4 nitrogen and oxygen atoms in total. The monoisotopic (exact) mass is 365 g/mol. The first kappa shape index (κ1) is 18.5. The van der Waals surface area contributed by atoms with Crippen LogP contribution in [0.25, 0.3) is 0 Å². The van der Waals surface area contributed by atoms with E-state index in [4.69, 9.17) is 21.1 Å². The van der Waals surface area contributed by atoms with Crippen LogP contribution >= 0.6 is 23.4 Å². The fraction of sp³-hybridized carbons (Fsp3) is 0.278. The molecule has 0 saturated heterocycles.